The number of imidazole rings is 2. The van der Waals surface area contributed by atoms with Crippen molar-refractivity contribution in [3.63, 3.8) is 0 Å². The highest BCUT2D eigenvalue weighted by Gasteiger charge is 2.16. The molecule has 0 bridgehead atoms. The molecule has 0 aliphatic carbocycles. The van der Waals surface area contributed by atoms with Crippen LogP contribution in [-0.2, 0) is 13.0 Å². The number of nitriles is 1. The Bertz CT molecular complexity index is 1130. The Morgan fingerprint density at radius 3 is 2.88 bits per heavy atom. The van der Waals surface area contributed by atoms with Crippen LogP contribution < -0.4 is 0 Å². The van der Waals surface area contributed by atoms with Crippen LogP contribution in [0.1, 0.15) is 23.9 Å². The van der Waals surface area contributed by atoms with Gasteiger partial charge in [-0.15, -0.1) is 0 Å². The van der Waals surface area contributed by atoms with Crippen molar-refractivity contribution in [2.45, 2.75) is 19.9 Å². The van der Waals surface area contributed by atoms with Crippen LogP contribution >= 0.6 is 0 Å². The van der Waals surface area contributed by atoms with Crippen molar-refractivity contribution >= 4 is 5.78 Å². The molecule has 3 aromatic heterocycles. The minimum absolute atomic E-state index is 0.300. The van der Waals surface area contributed by atoms with Crippen molar-refractivity contribution in [3.8, 4) is 17.5 Å². The molecule has 0 fully saturated rings. The number of benzene rings is 1. The van der Waals surface area contributed by atoms with Gasteiger partial charge in [-0.05, 0) is 30.7 Å². The second kappa shape index (κ2) is 6.41. The van der Waals surface area contributed by atoms with Gasteiger partial charge in [-0.1, -0.05) is 6.92 Å². The van der Waals surface area contributed by atoms with Crippen LogP contribution in [0.15, 0.2) is 49.1 Å². The Morgan fingerprint density at radius 1 is 1.19 bits per heavy atom. The highest BCUT2D eigenvalue weighted by atomic mass is 19.1. The van der Waals surface area contributed by atoms with Gasteiger partial charge in [0.25, 0.3) is 0 Å². The summed E-state index contributed by atoms with van der Waals surface area (Å²) in [5, 5.41) is 9.08. The van der Waals surface area contributed by atoms with Crippen LogP contribution in [0.5, 0.6) is 0 Å². The Labute approximate surface area is 149 Å². The van der Waals surface area contributed by atoms with Crippen molar-refractivity contribution in [2.75, 3.05) is 0 Å². The van der Waals surface area contributed by atoms with E-state index >= 15 is 0 Å². The summed E-state index contributed by atoms with van der Waals surface area (Å²) >= 11 is 0. The zero-order valence-electron chi connectivity index (χ0n) is 14.1. The van der Waals surface area contributed by atoms with E-state index in [4.69, 9.17) is 5.26 Å². The first kappa shape index (κ1) is 16.0. The summed E-state index contributed by atoms with van der Waals surface area (Å²) in [5.41, 5.74) is 2.61. The molecule has 4 aromatic rings. The molecule has 128 valence electrons. The second-order valence-electron chi connectivity index (χ2n) is 5.83. The van der Waals surface area contributed by atoms with Crippen molar-refractivity contribution in [1.29, 1.82) is 5.26 Å². The van der Waals surface area contributed by atoms with E-state index in [1.807, 2.05) is 27.3 Å². The summed E-state index contributed by atoms with van der Waals surface area (Å²) in [6.07, 6.45) is 7.84. The van der Waals surface area contributed by atoms with Crippen LogP contribution in [0.2, 0.25) is 0 Å². The number of halogens is 1. The first-order valence-corrected chi connectivity index (χ1v) is 8.23. The number of fused-ring (bicyclic) bond motifs is 1. The van der Waals surface area contributed by atoms with Crippen LogP contribution in [0.3, 0.4) is 0 Å². The Kier molecular flexibility index (Phi) is 3.93. The van der Waals surface area contributed by atoms with Crippen LogP contribution in [-0.4, -0.2) is 23.9 Å². The van der Waals surface area contributed by atoms with Gasteiger partial charge in [0, 0.05) is 30.5 Å². The molecule has 4 rings (SSSR count). The van der Waals surface area contributed by atoms with Gasteiger partial charge >= 0.3 is 0 Å². The van der Waals surface area contributed by atoms with E-state index in [1.165, 1.54) is 18.2 Å². The molecule has 0 spiro atoms. The molecule has 0 saturated heterocycles. The lowest BCUT2D eigenvalue weighted by atomic mass is 10.1. The number of nitrogens with zero attached hydrogens (tertiary/aromatic N) is 6. The molecular weight excluding hydrogens is 331 g/mol. The molecule has 7 heteroatoms. The largest absolute Gasteiger partial charge is 0.325 e. The standard InChI is InChI=1S/C19H15FN6/c1-2-17-16(24-19-23-6-3-8-26(17)19)12-25-9-7-22-18(25)14-10-13(11-21)4-5-15(14)20/h3-10H,2,12H2,1H3. The van der Waals surface area contributed by atoms with Gasteiger partial charge in [0.05, 0.1) is 29.4 Å². The Hall–Kier alpha value is -3.53. The predicted octanol–water partition coefficient (Wildman–Crippen LogP) is 3.21. The molecule has 6 nitrogen and oxygen atoms in total. The van der Waals surface area contributed by atoms with Crippen molar-refractivity contribution < 1.29 is 4.39 Å². The highest BCUT2D eigenvalue weighted by Crippen LogP contribution is 2.24. The fourth-order valence-corrected chi connectivity index (χ4v) is 3.09. The van der Waals surface area contributed by atoms with E-state index < -0.39 is 5.82 Å². The number of hydrogen-bond donors (Lipinski definition) is 0. The topological polar surface area (TPSA) is 71.8 Å². The van der Waals surface area contributed by atoms with Gasteiger partial charge in [-0.25, -0.2) is 19.3 Å². The molecule has 0 aliphatic heterocycles. The Morgan fingerprint density at radius 2 is 2.08 bits per heavy atom. The molecule has 0 amide bonds. The number of aryl methyl sites for hydroxylation is 1. The number of hydrogen-bond acceptors (Lipinski definition) is 4. The molecule has 1 aromatic carbocycles. The quantitative estimate of drug-likeness (QED) is 0.569. The maximum Gasteiger partial charge on any atom is 0.234 e. The third-order valence-electron chi connectivity index (χ3n) is 4.29. The lowest BCUT2D eigenvalue weighted by molar-refractivity contribution is 0.627. The SMILES string of the molecule is CCc1c(Cn2ccnc2-c2cc(C#N)ccc2F)nc2ncccn12. The number of rotatable bonds is 4. The maximum atomic E-state index is 14.3. The number of aromatic nitrogens is 5. The summed E-state index contributed by atoms with van der Waals surface area (Å²) < 4.78 is 18.1. The summed E-state index contributed by atoms with van der Waals surface area (Å²) in [4.78, 5) is 13.2. The van der Waals surface area contributed by atoms with Crippen LogP contribution in [0.25, 0.3) is 17.2 Å². The normalized spacial score (nSPS) is 11.0. The van der Waals surface area contributed by atoms with Crippen LogP contribution in [0.4, 0.5) is 4.39 Å². The van der Waals surface area contributed by atoms with Gasteiger partial charge in [0.2, 0.25) is 5.78 Å². The molecule has 0 N–H and O–H groups in total. The van der Waals surface area contributed by atoms with Gasteiger partial charge < -0.3 is 4.57 Å². The molecular formula is C19H15FN6. The summed E-state index contributed by atoms with van der Waals surface area (Å²) in [7, 11) is 0. The third kappa shape index (κ3) is 2.62. The van der Waals surface area contributed by atoms with Gasteiger partial charge in [0.1, 0.15) is 11.6 Å². The fourth-order valence-electron chi connectivity index (χ4n) is 3.09. The van der Waals surface area contributed by atoms with E-state index in [-0.39, 0.29) is 0 Å². The molecule has 0 atom stereocenters. The van der Waals surface area contributed by atoms with Gasteiger partial charge in [-0.2, -0.15) is 5.26 Å². The van der Waals surface area contributed by atoms with Crippen molar-refractivity contribution in [1.82, 2.24) is 23.9 Å². The zero-order chi connectivity index (χ0) is 18.1. The first-order chi connectivity index (χ1) is 12.7. The lowest BCUT2D eigenvalue weighted by Crippen LogP contribution is -2.05. The minimum atomic E-state index is -0.413. The summed E-state index contributed by atoms with van der Waals surface area (Å²) in [5.74, 6) is 0.689. The van der Waals surface area contributed by atoms with Gasteiger partial charge in [-0.3, -0.25) is 4.40 Å². The monoisotopic (exact) mass is 346 g/mol. The van der Waals surface area contributed by atoms with E-state index in [0.717, 1.165) is 17.8 Å². The maximum absolute atomic E-state index is 14.3. The van der Waals surface area contributed by atoms with Crippen molar-refractivity contribution in [2.24, 2.45) is 0 Å². The summed E-state index contributed by atoms with van der Waals surface area (Å²) in [6.45, 7) is 2.50. The molecule has 3 heterocycles. The smallest absolute Gasteiger partial charge is 0.234 e. The van der Waals surface area contributed by atoms with E-state index in [2.05, 4.69) is 21.9 Å². The van der Waals surface area contributed by atoms with Crippen molar-refractivity contribution in [3.05, 3.63) is 71.8 Å². The highest BCUT2D eigenvalue weighted by molar-refractivity contribution is 5.59. The molecule has 0 unspecified atom stereocenters. The van der Waals surface area contributed by atoms with E-state index in [9.17, 15) is 4.39 Å². The summed E-state index contributed by atoms with van der Waals surface area (Å²) in [6, 6.07) is 8.16. The first-order valence-electron chi connectivity index (χ1n) is 8.23. The third-order valence-corrected chi connectivity index (χ3v) is 4.29. The van der Waals surface area contributed by atoms with Crippen LogP contribution in [0, 0.1) is 17.1 Å². The second-order valence-corrected chi connectivity index (χ2v) is 5.83. The van der Waals surface area contributed by atoms with Gasteiger partial charge in [0.15, 0.2) is 0 Å². The Balaban J connectivity index is 1.79. The molecule has 0 saturated carbocycles. The minimum Gasteiger partial charge on any atom is -0.325 e. The average Bonchev–Trinajstić information content (AvgIpc) is 3.26. The van der Waals surface area contributed by atoms with E-state index in [0.29, 0.717) is 29.3 Å². The molecule has 26 heavy (non-hydrogen) atoms. The zero-order valence-corrected chi connectivity index (χ0v) is 14.1. The van der Waals surface area contributed by atoms with E-state index in [1.54, 1.807) is 18.6 Å². The molecule has 0 aliphatic rings. The predicted molar refractivity (Wildman–Crippen MR) is 93.8 cm³/mol. The lowest BCUT2D eigenvalue weighted by Gasteiger charge is -2.09. The fraction of sp³-hybridized carbons (Fsp3) is 0.158. The molecule has 0 radical (unpaired) electrons. The average molecular weight is 346 g/mol.